The molecule has 2 heterocycles. The van der Waals surface area contributed by atoms with E-state index in [1.807, 2.05) is 9.80 Å². The van der Waals surface area contributed by atoms with Crippen molar-refractivity contribution in [1.82, 2.24) is 14.5 Å². The maximum Gasteiger partial charge on any atom is 0.320 e. The maximum atomic E-state index is 13.1. The number of hydrogen-bond donors (Lipinski definition) is 1. The molecule has 2 saturated heterocycles. The number of amides is 2. The standard InChI is InChI=1S/C21H39N3O4S/c1-16(2)17-8-10-18(11-9-17)28-15-20-19(22-29(3,26)27)7-6-14-24(20)21(25)23-12-4-5-13-23/h16-20,22H,4-15H2,1-3H3/t17-,18+,19-,20-/m0/s1. The van der Waals surface area contributed by atoms with Gasteiger partial charge in [0.25, 0.3) is 0 Å². The van der Waals surface area contributed by atoms with Crippen LogP contribution >= 0.6 is 0 Å². The average molecular weight is 430 g/mol. The van der Waals surface area contributed by atoms with Crippen molar-refractivity contribution in [3.63, 3.8) is 0 Å². The van der Waals surface area contributed by atoms with Crippen molar-refractivity contribution in [1.29, 1.82) is 0 Å². The Labute approximate surface area is 176 Å². The molecule has 168 valence electrons. The highest BCUT2D eigenvalue weighted by Gasteiger charge is 2.38. The van der Waals surface area contributed by atoms with Gasteiger partial charge in [0.15, 0.2) is 0 Å². The third-order valence-electron chi connectivity index (χ3n) is 6.93. The average Bonchev–Trinajstić information content (AvgIpc) is 3.20. The topological polar surface area (TPSA) is 79.0 Å². The Bertz CT molecular complexity index is 640. The fourth-order valence-electron chi connectivity index (χ4n) is 5.16. The van der Waals surface area contributed by atoms with Crippen LogP contribution in [0.1, 0.15) is 65.2 Å². The van der Waals surface area contributed by atoms with Crippen molar-refractivity contribution >= 4 is 16.1 Å². The minimum absolute atomic E-state index is 0.0413. The second-order valence-electron chi connectivity index (χ2n) is 9.49. The van der Waals surface area contributed by atoms with Crippen LogP contribution in [-0.4, -0.2) is 74.9 Å². The third-order valence-corrected chi connectivity index (χ3v) is 7.66. The number of piperidine rings is 1. The van der Waals surface area contributed by atoms with Gasteiger partial charge in [0.1, 0.15) is 0 Å². The second-order valence-corrected chi connectivity index (χ2v) is 11.3. The molecule has 2 atom stereocenters. The largest absolute Gasteiger partial charge is 0.376 e. The molecule has 1 aliphatic carbocycles. The first-order chi connectivity index (χ1) is 13.7. The van der Waals surface area contributed by atoms with Crippen molar-refractivity contribution in [3.8, 4) is 0 Å². The normalized spacial score (nSPS) is 31.4. The van der Waals surface area contributed by atoms with Gasteiger partial charge < -0.3 is 14.5 Å². The first-order valence-corrected chi connectivity index (χ1v) is 13.3. The minimum Gasteiger partial charge on any atom is -0.376 e. The van der Waals surface area contributed by atoms with Gasteiger partial charge in [0.2, 0.25) is 10.0 Å². The summed E-state index contributed by atoms with van der Waals surface area (Å²) in [5.74, 6) is 1.49. The van der Waals surface area contributed by atoms with Crippen molar-refractivity contribution in [3.05, 3.63) is 0 Å². The number of sulfonamides is 1. The quantitative estimate of drug-likeness (QED) is 0.704. The van der Waals surface area contributed by atoms with Crippen molar-refractivity contribution in [2.45, 2.75) is 83.4 Å². The Morgan fingerprint density at radius 2 is 1.69 bits per heavy atom. The molecule has 7 nitrogen and oxygen atoms in total. The molecule has 0 aromatic rings. The lowest BCUT2D eigenvalue weighted by molar-refractivity contribution is -0.0265. The summed E-state index contributed by atoms with van der Waals surface area (Å²) in [6.45, 7) is 7.25. The smallest absolute Gasteiger partial charge is 0.320 e. The molecule has 0 radical (unpaired) electrons. The highest BCUT2D eigenvalue weighted by molar-refractivity contribution is 7.88. The second kappa shape index (κ2) is 9.96. The molecule has 0 spiro atoms. The molecular formula is C21H39N3O4S. The highest BCUT2D eigenvalue weighted by Crippen LogP contribution is 2.32. The van der Waals surface area contributed by atoms with E-state index >= 15 is 0 Å². The summed E-state index contributed by atoms with van der Waals surface area (Å²) < 4.78 is 32.9. The van der Waals surface area contributed by atoms with Crippen LogP contribution in [0.3, 0.4) is 0 Å². The number of ether oxygens (including phenoxy) is 1. The van der Waals surface area contributed by atoms with Crippen molar-refractivity contribution in [2.75, 3.05) is 32.5 Å². The van der Waals surface area contributed by atoms with Crippen LogP contribution in [0.5, 0.6) is 0 Å². The summed E-state index contributed by atoms with van der Waals surface area (Å²) in [6, 6.07) is -0.480. The Hall–Kier alpha value is -0.860. The van der Waals surface area contributed by atoms with Crippen LogP contribution < -0.4 is 4.72 Å². The van der Waals surface area contributed by atoms with Gasteiger partial charge in [-0.1, -0.05) is 13.8 Å². The lowest BCUT2D eigenvalue weighted by atomic mass is 9.80. The molecule has 2 amide bonds. The predicted molar refractivity (Wildman–Crippen MR) is 114 cm³/mol. The number of carbonyl (C=O) groups is 1. The van der Waals surface area contributed by atoms with E-state index in [9.17, 15) is 13.2 Å². The first kappa shape index (κ1) is 22.8. The molecule has 2 aliphatic heterocycles. The van der Waals surface area contributed by atoms with Gasteiger partial charge in [0, 0.05) is 25.7 Å². The molecule has 0 bridgehead atoms. The number of hydrogen-bond acceptors (Lipinski definition) is 4. The Morgan fingerprint density at radius 1 is 1.03 bits per heavy atom. The van der Waals surface area contributed by atoms with E-state index in [2.05, 4.69) is 18.6 Å². The van der Waals surface area contributed by atoms with Gasteiger partial charge in [-0.05, 0) is 63.2 Å². The molecule has 0 aromatic heterocycles. The van der Waals surface area contributed by atoms with E-state index in [0.717, 1.165) is 57.5 Å². The van der Waals surface area contributed by atoms with Crippen LogP contribution in [-0.2, 0) is 14.8 Å². The highest BCUT2D eigenvalue weighted by atomic mass is 32.2. The number of likely N-dealkylation sites (tertiary alicyclic amines) is 2. The van der Waals surface area contributed by atoms with Crippen LogP contribution in [0.2, 0.25) is 0 Å². The van der Waals surface area contributed by atoms with E-state index < -0.39 is 10.0 Å². The fourth-order valence-corrected chi connectivity index (χ4v) is 5.98. The van der Waals surface area contributed by atoms with Gasteiger partial charge in [-0.15, -0.1) is 0 Å². The molecule has 0 aromatic carbocycles. The first-order valence-electron chi connectivity index (χ1n) is 11.4. The summed E-state index contributed by atoms with van der Waals surface area (Å²) >= 11 is 0. The lowest BCUT2D eigenvalue weighted by Crippen LogP contribution is -2.61. The number of carbonyl (C=O) groups excluding carboxylic acids is 1. The molecule has 29 heavy (non-hydrogen) atoms. The molecule has 1 N–H and O–H groups in total. The minimum atomic E-state index is -3.34. The van der Waals surface area contributed by atoms with E-state index in [0.29, 0.717) is 19.1 Å². The van der Waals surface area contributed by atoms with Crippen LogP contribution in [0.25, 0.3) is 0 Å². The molecule has 3 aliphatic rings. The number of urea groups is 1. The Morgan fingerprint density at radius 3 is 2.28 bits per heavy atom. The summed E-state index contributed by atoms with van der Waals surface area (Å²) in [5, 5.41) is 0. The van der Waals surface area contributed by atoms with Gasteiger partial charge in [-0.2, -0.15) is 0 Å². The molecule has 3 rings (SSSR count). The third kappa shape index (κ3) is 6.31. The summed E-state index contributed by atoms with van der Waals surface area (Å²) in [6.07, 6.45) is 9.54. The fraction of sp³-hybridized carbons (Fsp3) is 0.952. The number of nitrogens with zero attached hydrogens (tertiary/aromatic N) is 2. The predicted octanol–water partition coefficient (Wildman–Crippen LogP) is 2.82. The Balaban J connectivity index is 1.65. The zero-order chi connectivity index (χ0) is 21.0. The number of rotatable bonds is 6. The lowest BCUT2D eigenvalue weighted by Gasteiger charge is -2.43. The molecule has 1 saturated carbocycles. The monoisotopic (exact) mass is 429 g/mol. The zero-order valence-electron chi connectivity index (χ0n) is 18.3. The SMILES string of the molecule is CC(C)[C@H]1CC[C@@H](OC[C@H]2[C@@H](NS(C)(=O)=O)CCCN2C(=O)N2CCCC2)CC1. The maximum absolute atomic E-state index is 13.1. The summed E-state index contributed by atoms with van der Waals surface area (Å²) in [5.41, 5.74) is 0. The summed E-state index contributed by atoms with van der Waals surface area (Å²) in [4.78, 5) is 16.9. The van der Waals surface area contributed by atoms with E-state index in [4.69, 9.17) is 4.74 Å². The van der Waals surface area contributed by atoms with E-state index in [1.54, 1.807) is 0 Å². The van der Waals surface area contributed by atoms with Crippen LogP contribution in [0, 0.1) is 11.8 Å². The molecular weight excluding hydrogens is 390 g/mol. The van der Waals surface area contributed by atoms with Gasteiger partial charge in [-0.3, -0.25) is 0 Å². The van der Waals surface area contributed by atoms with Crippen molar-refractivity contribution in [2.24, 2.45) is 11.8 Å². The Kier molecular flexibility index (Phi) is 7.84. The van der Waals surface area contributed by atoms with Gasteiger partial charge >= 0.3 is 6.03 Å². The molecule has 0 unspecified atom stereocenters. The van der Waals surface area contributed by atoms with Gasteiger partial charge in [-0.25, -0.2) is 17.9 Å². The van der Waals surface area contributed by atoms with Gasteiger partial charge in [0.05, 0.1) is 25.0 Å². The van der Waals surface area contributed by atoms with Crippen LogP contribution in [0.15, 0.2) is 0 Å². The van der Waals surface area contributed by atoms with E-state index in [-0.39, 0.29) is 24.2 Å². The van der Waals surface area contributed by atoms with Crippen LogP contribution in [0.4, 0.5) is 4.79 Å². The molecule has 8 heteroatoms. The molecule has 3 fully saturated rings. The number of nitrogens with one attached hydrogen (secondary N) is 1. The summed E-state index contributed by atoms with van der Waals surface area (Å²) in [7, 11) is -3.34. The zero-order valence-corrected chi connectivity index (χ0v) is 19.1. The van der Waals surface area contributed by atoms with Crippen molar-refractivity contribution < 1.29 is 17.9 Å². The van der Waals surface area contributed by atoms with E-state index in [1.165, 1.54) is 19.1 Å².